The third-order valence-electron chi connectivity index (χ3n) is 6.25. The van der Waals surface area contributed by atoms with E-state index in [-0.39, 0.29) is 6.42 Å². The standard InChI is InChI=1S/C23H46O3/c1-5-8-9-10-11-12-13-14-15-16-17-21(6-2)20(4)18-19-23(26,7-3)22(24)25/h20-21,26H,5-19H2,1-4H3,(H,24,25). The number of unbranched alkanes of at least 4 members (excludes halogenated alkanes) is 9. The van der Waals surface area contributed by atoms with Crippen molar-refractivity contribution in [1.82, 2.24) is 0 Å². The maximum absolute atomic E-state index is 11.2. The lowest BCUT2D eigenvalue weighted by Crippen LogP contribution is -2.38. The molecule has 3 heteroatoms. The van der Waals surface area contributed by atoms with Gasteiger partial charge in [0.05, 0.1) is 0 Å². The second-order valence-electron chi connectivity index (χ2n) is 8.35. The molecule has 0 aliphatic carbocycles. The van der Waals surface area contributed by atoms with E-state index in [1.807, 2.05) is 0 Å². The van der Waals surface area contributed by atoms with Crippen LogP contribution in [0.4, 0.5) is 0 Å². The van der Waals surface area contributed by atoms with Gasteiger partial charge in [-0.1, -0.05) is 105 Å². The van der Waals surface area contributed by atoms with Crippen LogP contribution in [0.1, 0.15) is 124 Å². The van der Waals surface area contributed by atoms with Crippen molar-refractivity contribution in [2.24, 2.45) is 11.8 Å². The molecule has 0 aromatic heterocycles. The Bertz CT molecular complexity index is 342. The molecule has 0 bridgehead atoms. The second-order valence-corrected chi connectivity index (χ2v) is 8.35. The van der Waals surface area contributed by atoms with Gasteiger partial charge >= 0.3 is 5.97 Å². The van der Waals surface area contributed by atoms with E-state index < -0.39 is 11.6 Å². The van der Waals surface area contributed by atoms with Gasteiger partial charge in [-0.15, -0.1) is 0 Å². The third kappa shape index (κ3) is 11.2. The number of carboxylic acid groups (broad SMARTS) is 1. The fourth-order valence-electron chi connectivity index (χ4n) is 3.92. The smallest absolute Gasteiger partial charge is 0.335 e. The molecule has 3 atom stereocenters. The number of hydrogen-bond donors (Lipinski definition) is 2. The Morgan fingerprint density at radius 2 is 1.35 bits per heavy atom. The number of carbonyl (C=O) groups is 1. The monoisotopic (exact) mass is 370 g/mol. The van der Waals surface area contributed by atoms with Gasteiger partial charge in [-0.05, 0) is 31.1 Å². The molecule has 0 heterocycles. The molecule has 0 aliphatic heterocycles. The summed E-state index contributed by atoms with van der Waals surface area (Å²) < 4.78 is 0. The van der Waals surface area contributed by atoms with Crippen molar-refractivity contribution in [3.05, 3.63) is 0 Å². The molecule has 3 unspecified atom stereocenters. The van der Waals surface area contributed by atoms with Crippen molar-refractivity contribution in [2.45, 2.75) is 130 Å². The molecular weight excluding hydrogens is 324 g/mol. The molecule has 0 saturated carbocycles. The molecule has 0 amide bonds. The molecule has 0 radical (unpaired) electrons. The lowest BCUT2D eigenvalue weighted by atomic mass is 9.81. The first-order chi connectivity index (χ1) is 12.4. The van der Waals surface area contributed by atoms with Gasteiger partial charge in [-0.2, -0.15) is 0 Å². The van der Waals surface area contributed by atoms with Crippen molar-refractivity contribution in [3.63, 3.8) is 0 Å². The summed E-state index contributed by atoms with van der Waals surface area (Å²) in [6.07, 6.45) is 17.5. The van der Waals surface area contributed by atoms with E-state index in [4.69, 9.17) is 0 Å². The molecule has 0 spiro atoms. The lowest BCUT2D eigenvalue weighted by molar-refractivity contribution is -0.160. The highest BCUT2D eigenvalue weighted by molar-refractivity contribution is 5.76. The summed E-state index contributed by atoms with van der Waals surface area (Å²) in [6.45, 7) is 8.48. The lowest BCUT2D eigenvalue weighted by Gasteiger charge is -2.27. The molecule has 156 valence electrons. The Balaban J connectivity index is 3.85. The Morgan fingerprint density at radius 3 is 1.77 bits per heavy atom. The van der Waals surface area contributed by atoms with Crippen LogP contribution in [0.2, 0.25) is 0 Å². The molecule has 0 rings (SSSR count). The predicted octanol–water partition coefficient (Wildman–Crippen LogP) is 6.97. The number of carboxylic acids is 1. The highest BCUT2D eigenvalue weighted by Gasteiger charge is 2.34. The van der Waals surface area contributed by atoms with Crippen LogP contribution in [0.3, 0.4) is 0 Å². The van der Waals surface area contributed by atoms with Crippen molar-refractivity contribution >= 4 is 5.97 Å². The molecule has 3 nitrogen and oxygen atoms in total. The first-order valence-corrected chi connectivity index (χ1v) is 11.4. The van der Waals surface area contributed by atoms with Crippen molar-refractivity contribution in [3.8, 4) is 0 Å². The SMILES string of the molecule is CCCCCCCCCCCCC(CC)C(C)CCC(O)(CC)C(=O)O. The Morgan fingerprint density at radius 1 is 0.846 bits per heavy atom. The minimum absolute atomic E-state index is 0.282. The van der Waals surface area contributed by atoms with Crippen LogP contribution in [0, 0.1) is 11.8 Å². The maximum Gasteiger partial charge on any atom is 0.335 e. The van der Waals surface area contributed by atoms with E-state index in [1.54, 1.807) is 6.92 Å². The minimum Gasteiger partial charge on any atom is -0.479 e. The van der Waals surface area contributed by atoms with Gasteiger partial charge in [0.2, 0.25) is 0 Å². The average Bonchev–Trinajstić information content (AvgIpc) is 2.63. The van der Waals surface area contributed by atoms with E-state index in [2.05, 4.69) is 20.8 Å². The van der Waals surface area contributed by atoms with Gasteiger partial charge in [-0.3, -0.25) is 0 Å². The predicted molar refractivity (Wildman–Crippen MR) is 112 cm³/mol. The van der Waals surface area contributed by atoms with Crippen LogP contribution < -0.4 is 0 Å². The van der Waals surface area contributed by atoms with Crippen LogP contribution in [-0.2, 0) is 4.79 Å². The summed E-state index contributed by atoms with van der Waals surface area (Å²) in [5.41, 5.74) is -1.54. The third-order valence-corrected chi connectivity index (χ3v) is 6.25. The van der Waals surface area contributed by atoms with Gasteiger partial charge < -0.3 is 10.2 Å². The highest BCUT2D eigenvalue weighted by atomic mass is 16.4. The molecule has 26 heavy (non-hydrogen) atoms. The summed E-state index contributed by atoms with van der Waals surface area (Å²) >= 11 is 0. The van der Waals surface area contributed by atoms with E-state index in [0.717, 1.165) is 12.8 Å². The average molecular weight is 371 g/mol. The highest BCUT2D eigenvalue weighted by Crippen LogP contribution is 2.29. The van der Waals surface area contributed by atoms with E-state index in [1.165, 1.54) is 70.6 Å². The number of aliphatic carboxylic acids is 1. The molecule has 2 N–H and O–H groups in total. The van der Waals surface area contributed by atoms with Crippen LogP contribution in [-0.4, -0.2) is 21.8 Å². The zero-order chi connectivity index (χ0) is 19.8. The van der Waals surface area contributed by atoms with Crippen LogP contribution in [0.5, 0.6) is 0 Å². The summed E-state index contributed by atoms with van der Waals surface area (Å²) in [7, 11) is 0. The summed E-state index contributed by atoms with van der Waals surface area (Å²) in [6, 6.07) is 0. The quantitative estimate of drug-likeness (QED) is 0.256. The topological polar surface area (TPSA) is 57.5 Å². The van der Waals surface area contributed by atoms with E-state index in [0.29, 0.717) is 18.3 Å². The molecule has 0 fully saturated rings. The summed E-state index contributed by atoms with van der Waals surface area (Å²) in [5, 5.41) is 19.4. The normalized spacial score (nSPS) is 16.2. The van der Waals surface area contributed by atoms with Gasteiger partial charge in [0.1, 0.15) is 0 Å². The molecule has 0 aliphatic rings. The van der Waals surface area contributed by atoms with Gasteiger partial charge in [0, 0.05) is 0 Å². The first-order valence-electron chi connectivity index (χ1n) is 11.4. The number of rotatable bonds is 18. The van der Waals surface area contributed by atoms with Crippen molar-refractivity contribution in [1.29, 1.82) is 0 Å². The molecule has 0 aromatic carbocycles. The zero-order valence-corrected chi connectivity index (χ0v) is 18.1. The largest absolute Gasteiger partial charge is 0.479 e. The Hall–Kier alpha value is -0.570. The van der Waals surface area contributed by atoms with Crippen LogP contribution >= 0.6 is 0 Å². The fourth-order valence-corrected chi connectivity index (χ4v) is 3.92. The molecule has 0 aromatic rings. The summed E-state index contributed by atoms with van der Waals surface area (Å²) in [4.78, 5) is 11.2. The summed E-state index contributed by atoms with van der Waals surface area (Å²) in [5.74, 6) is 0.0601. The zero-order valence-electron chi connectivity index (χ0n) is 18.1. The van der Waals surface area contributed by atoms with Gasteiger partial charge in [-0.25, -0.2) is 4.79 Å². The fraction of sp³-hybridized carbons (Fsp3) is 0.957. The maximum atomic E-state index is 11.2. The Labute approximate surface area is 163 Å². The Kier molecular flexibility index (Phi) is 15.1. The van der Waals surface area contributed by atoms with Gasteiger partial charge in [0.15, 0.2) is 5.60 Å². The molecular formula is C23H46O3. The first kappa shape index (κ1) is 25.4. The van der Waals surface area contributed by atoms with Crippen LogP contribution in [0.15, 0.2) is 0 Å². The van der Waals surface area contributed by atoms with Gasteiger partial charge in [0.25, 0.3) is 0 Å². The number of hydrogen-bond acceptors (Lipinski definition) is 2. The second kappa shape index (κ2) is 15.5. The van der Waals surface area contributed by atoms with Crippen molar-refractivity contribution < 1.29 is 15.0 Å². The molecule has 0 saturated heterocycles. The van der Waals surface area contributed by atoms with E-state index >= 15 is 0 Å². The minimum atomic E-state index is -1.54. The van der Waals surface area contributed by atoms with Crippen molar-refractivity contribution in [2.75, 3.05) is 0 Å². The van der Waals surface area contributed by atoms with E-state index in [9.17, 15) is 15.0 Å². The van der Waals surface area contributed by atoms with Crippen LogP contribution in [0.25, 0.3) is 0 Å². The number of aliphatic hydroxyl groups is 1.